The highest BCUT2D eigenvalue weighted by Gasteiger charge is 2.14. The number of nitrogens with one attached hydrogen (secondary N) is 2. The van der Waals surface area contributed by atoms with Crippen LogP contribution in [0.5, 0.6) is 0 Å². The van der Waals surface area contributed by atoms with Crippen LogP contribution in [0.1, 0.15) is 19.3 Å². The fourth-order valence-corrected chi connectivity index (χ4v) is 3.34. The van der Waals surface area contributed by atoms with E-state index in [1.807, 2.05) is 7.05 Å². The first kappa shape index (κ1) is 18.1. The Labute approximate surface area is 134 Å². The number of halogens is 1. The lowest BCUT2D eigenvalue weighted by molar-refractivity contribution is -0.121. The molecule has 1 aromatic rings. The van der Waals surface area contributed by atoms with Crippen molar-refractivity contribution in [3.8, 4) is 0 Å². The molecule has 1 rings (SSSR count). The highest BCUT2D eigenvalue weighted by molar-refractivity contribution is 9.10. The average molecular weight is 377 g/mol. The van der Waals surface area contributed by atoms with Crippen LogP contribution in [-0.4, -0.2) is 40.2 Å². The van der Waals surface area contributed by atoms with Crippen LogP contribution < -0.4 is 10.6 Å². The Kier molecular flexibility index (Phi) is 7.92. The molecule has 0 radical (unpaired) electrons. The van der Waals surface area contributed by atoms with Crippen LogP contribution in [0, 0.1) is 0 Å². The van der Waals surface area contributed by atoms with Gasteiger partial charge in [0.15, 0.2) is 9.84 Å². The lowest BCUT2D eigenvalue weighted by atomic mass is 10.3. The third-order valence-electron chi connectivity index (χ3n) is 2.92. The molecule has 0 aromatic heterocycles. The third-order valence-corrected chi connectivity index (χ3v) is 5.26. The second-order valence-electron chi connectivity index (χ2n) is 4.68. The highest BCUT2D eigenvalue weighted by atomic mass is 79.9. The molecule has 2 N–H and O–H groups in total. The molecule has 0 atom stereocenters. The summed E-state index contributed by atoms with van der Waals surface area (Å²) in [4.78, 5) is 11.8. The molecule has 1 aromatic carbocycles. The number of sulfone groups is 1. The average Bonchev–Trinajstić information content (AvgIpc) is 2.44. The minimum atomic E-state index is -3.31. The van der Waals surface area contributed by atoms with E-state index in [0.29, 0.717) is 17.9 Å². The van der Waals surface area contributed by atoms with Crippen molar-refractivity contribution < 1.29 is 13.2 Å². The maximum Gasteiger partial charge on any atom is 0.220 e. The largest absolute Gasteiger partial charge is 0.356 e. The number of carbonyl (C=O) groups is 1. The van der Waals surface area contributed by atoms with Crippen molar-refractivity contribution in [2.75, 3.05) is 25.9 Å². The molecule has 0 bridgehead atoms. The molecule has 0 aliphatic rings. The molecule has 0 aliphatic carbocycles. The second-order valence-corrected chi connectivity index (χ2v) is 7.71. The second kappa shape index (κ2) is 9.17. The van der Waals surface area contributed by atoms with Gasteiger partial charge in [0.2, 0.25) is 5.91 Å². The minimum absolute atomic E-state index is 0.0153. The molecular formula is C14H21BrN2O3S. The summed E-state index contributed by atoms with van der Waals surface area (Å²) >= 11 is 3.27. The van der Waals surface area contributed by atoms with Crippen molar-refractivity contribution in [2.24, 2.45) is 0 Å². The minimum Gasteiger partial charge on any atom is -0.356 e. The molecule has 0 saturated carbocycles. The summed E-state index contributed by atoms with van der Waals surface area (Å²) in [6.07, 6.45) is 1.42. The first-order valence-electron chi connectivity index (χ1n) is 6.85. The van der Waals surface area contributed by atoms with Gasteiger partial charge in [-0.1, -0.05) is 15.9 Å². The maximum atomic E-state index is 12.1. The molecule has 0 fully saturated rings. The zero-order chi connectivity index (χ0) is 15.7. The number of amides is 1. The van der Waals surface area contributed by atoms with E-state index in [0.717, 1.165) is 17.4 Å². The molecule has 0 saturated heterocycles. The molecule has 1 amide bonds. The standard InChI is InChI=1S/C14H21BrN2O3S/c1-16-9-3-10-17-14(18)4-2-11-21(19,20)13-7-5-12(15)6-8-13/h5-8,16H,2-4,9-11H2,1H3,(H,17,18). The summed E-state index contributed by atoms with van der Waals surface area (Å²) in [5, 5.41) is 5.76. The molecule has 0 aliphatic heterocycles. The molecule has 0 unspecified atom stereocenters. The number of hydrogen-bond donors (Lipinski definition) is 2. The van der Waals surface area contributed by atoms with Gasteiger partial charge in [-0.3, -0.25) is 4.79 Å². The summed E-state index contributed by atoms with van der Waals surface area (Å²) in [5.74, 6) is -0.115. The first-order chi connectivity index (χ1) is 9.95. The Hall–Kier alpha value is -0.920. The molecule has 5 nitrogen and oxygen atoms in total. The van der Waals surface area contributed by atoms with Gasteiger partial charge in [0.1, 0.15) is 0 Å². The quantitative estimate of drug-likeness (QED) is 0.643. The van der Waals surface area contributed by atoms with E-state index in [4.69, 9.17) is 0 Å². The number of hydrogen-bond acceptors (Lipinski definition) is 4. The molecule has 118 valence electrons. The van der Waals surface area contributed by atoms with Crippen LogP contribution in [0.3, 0.4) is 0 Å². The fraction of sp³-hybridized carbons (Fsp3) is 0.500. The predicted octanol–water partition coefficient (Wildman–Crippen LogP) is 1.73. The summed E-state index contributed by atoms with van der Waals surface area (Å²) in [6.45, 7) is 1.46. The summed E-state index contributed by atoms with van der Waals surface area (Å²) in [6, 6.07) is 6.52. The Bertz CT molecular complexity index is 544. The van der Waals surface area contributed by atoms with Gasteiger partial charge >= 0.3 is 0 Å². The predicted molar refractivity (Wildman–Crippen MR) is 87.0 cm³/mol. The smallest absolute Gasteiger partial charge is 0.220 e. The van der Waals surface area contributed by atoms with Crippen LogP contribution in [0.15, 0.2) is 33.6 Å². The van der Waals surface area contributed by atoms with Gasteiger partial charge in [-0.2, -0.15) is 0 Å². The normalized spacial score (nSPS) is 11.3. The monoisotopic (exact) mass is 376 g/mol. The topological polar surface area (TPSA) is 75.3 Å². The van der Waals surface area contributed by atoms with Crippen molar-refractivity contribution in [2.45, 2.75) is 24.2 Å². The van der Waals surface area contributed by atoms with E-state index in [1.54, 1.807) is 24.3 Å². The fourth-order valence-electron chi connectivity index (χ4n) is 1.76. The molecule has 0 spiro atoms. The molecule has 21 heavy (non-hydrogen) atoms. The Morgan fingerprint density at radius 1 is 1.14 bits per heavy atom. The number of rotatable bonds is 9. The van der Waals surface area contributed by atoms with Crippen molar-refractivity contribution in [3.05, 3.63) is 28.7 Å². The Morgan fingerprint density at radius 2 is 1.81 bits per heavy atom. The maximum absolute atomic E-state index is 12.1. The van der Waals surface area contributed by atoms with Gasteiger partial charge in [-0.15, -0.1) is 0 Å². The van der Waals surface area contributed by atoms with E-state index in [1.165, 1.54) is 0 Å². The molecule has 0 heterocycles. The lowest BCUT2D eigenvalue weighted by Gasteiger charge is -2.06. The zero-order valence-corrected chi connectivity index (χ0v) is 14.5. The van der Waals surface area contributed by atoms with E-state index >= 15 is 0 Å². The van der Waals surface area contributed by atoms with Crippen molar-refractivity contribution in [1.29, 1.82) is 0 Å². The van der Waals surface area contributed by atoms with E-state index in [2.05, 4.69) is 26.6 Å². The summed E-state index contributed by atoms with van der Waals surface area (Å²) in [5.41, 5.74) is 0. The molecular weight excluding hydrogens is 356 g/mol. The van der Waals surface area contributed by atoms with E-state index in [9.17, 15) is 13.2 Å². The third kappa shape index (κ3) is 7.06. The van der Waals surface area contributed by atoms with E-state index < -0.39 is 9.84 Å². The number of benzene rings is 1. The van der Waals surface area contributed by atoms with Gasteiger partial charge in [0.05, 0.1) is 10.6 Å². The zero-order valence-electron chi connectivity index (χ0n) is 12.1. The summed E-state index contributed by atoms with van der Waals surface area (Å²) < 4.78 is 25.0. The Morgan fingerprint density at radius 3 is 2.43 bits per heavy atom. The van der Waals surface area contributed by atoms with Crippen LogP contribution in [0.2, 0.25) is 0 Å². The highest BCUT2D eigenvalue weighted by Crippen LogP contribution is 2.16. The van der Waals surface area contributed by atoms with Gasteiger partial charge in [0, 0.05) is 17.4 Å². The van der Waals surface area contributed by atoms with Crippen LogP contribution in [0.4, 0.5) is 0 Å². The molecule has 7 heteroatoms. The van der Waals surface area contributed by atoms with E-state index in [-0.39, 0.29) is 18.1 Å². The van der Waals surface area contributed by atoms with Crippen LogP contribution in [-0.2, 0) is 14.6 Å². The van der Waals surface area contributed by atoms with Crippen molar-refractivity contribution in [1.82, 2.24) is 10.6 Å². The van der Waals surface area contributed by atoms with Crippen molar-refractivity contribution >= 4 is 31.7 Å². The van der Waals surface area contributed by atoms with Gasteiger partial charge in [0.25, 0.3) is 0 Å². The van der Waals surface area contributed by atoms with Gasteiger partial charge in [-0.05, 0) is 50.7 Å². The van der Waals surface area contributed by atoms with Crippen LogP contribution in [0.25, 0.3) is 0 Å². The van der Waals surface area contributed by atoms with Crippen LogP contribution >= 0.6 is 15.9 Å². The van der Waals surface area contributed by atoms with Gasteiger partial charge < -0.3 is 10.6 Å². The Balaban J connectivity index is 2.34. The number of carbonyl (C=O) groups excluding carboxylic acids is 1. The van der Waals surface area contributed by atoms with Crippen molar-refractivity contribution in [3.63, 3.8) is 0 Å². The summed E-state index contributed by atoms with van der Waals surface area (Å²) in [7, 11) is -1.46. The SMILES string of the molecule is CNCCCNC(=O)CCCS(=O)(=O)c1ccc(Br)cc1. The first-order valence-corrected chi connectivity index (χ1v) is 9.30. The van der Waals surface area contributed by atoms with Gasteiger partial charge in [-0.25, -0.2) is 8.42 Å². The lowest BCUT2D eigenvalue weighted by Crippen LogP contribution is -2.26.